The van der Waals surface area contributed by atoms with Gasteiger partial charge in [-0.05, 0) is 68.1 Å². The predicted molar refractivity (Wildman–Crippen MR) is 140 cm³/mol. The average Bonchev–Trinajstić information content (AvgIpc) is 2.80. The molecular weight excluding hydrogens is 446 g/mol. The van der Waals surface area contributed by atoms with Gasteiger partial charge in [0.05, 0.1) is 17.3 Å². The molecule has 2 aliphatic heterocycles. The molecule has 2 heterocycles. The maximum Gasteiger partial charge on any atom is 0.323 e. The number of carbonyl (C=O) groups excluding carboxylic acids is 2. The first-order valence-corrected chi connectivity index (χ1v) is 12.4. The van der Waals surface area contributed by atoms with Crippen molar-refractivity contribution in [3.63, 3.8) is 0 Å². The number of allylic oxidation sites excluding steroid dienone is 1. The Balaban J connectivity index is 1.55. The SMILES string of the molecule is CC1=C(C(=O)N(C)C)C(c2ccc(NC(=O)Nc3ccc(C)c(C)c3)cc2)N2CCCSC2=N1. The summed E-state index contributed by atoms with van der Waals surface area (Å²) in [7, 11) is 3.54. The minimum atomic E-state index is -0.297. The molecule has 0 aromatic heterocycles. The van der Waals surface area contributed by atoms with Crippen molar-refractivity contribution in [2.75, 3.05) is 37.0 Å². The summed E-state index contributed by atoms with van der Waals surface area (Å²) in [6.07, 6.45) is 1.04. The Labute approximate surface area is 205 Å². The smallest absolute Gasteiger partial charge is 0.323 e. The van der Waals surface area contributed by atoms with Crippen molar-refractivity contribution in [3.05, 3.63) is 70.4 Å². The van der Waals surface area contributed by atoms with E-state index >= 15 is 0 Å². The second kappa shape index (κ2) is 9.93. The first kappa shape index (κ1) is 23.9. The molecule has 0 bridgehead atoms. The predicted octanol–water partition coefficient (Wildman–Crippen LogP) is 5.16. The molecule has 4 rings (SSSR count). The Morgan fingerprint density at radius 2 is 1.68 bits per heavy atom. The van der Waals surface area contributed by atoms with Gasteiger partial charge in [-0.2, -0.15) is 0 Å². The third-order valence-corrected chi connectivity index (χ3v) is 7.22. The van der Waals surface area contributed by atoms with Crippen LogP contribution >= 0.6 is 11.8 Å². The highest BCUT2D eigenvalue weighted by atomic mass is 32.2. The average molecular weight is 478 g/mol. The van der Waals surface area contributed by atoms with Crippen LogP contribution in [0.25, 0.3) is 0 Å². The Hall–Kier alpha value is -3.26. The maximum absolute atomic E-state index is 13.1. The molecule has 0 aliphatic carbocycles. The van der Waals surface area contributed by atoms with Crippen molar-refractivity contribution in [1.29, 1.82) is 0 Å². The molecule has 0 saturated carbocycles. The van der Waals surface area contributed by atoms with Crippen LogP contribution in [-0.4, -0.2) is 53.3 Å². The van der Waals surface area contributed by atoms with Gasteiger partial charge in [-0.25, -0.2) is 9.79 Å². The molecule has 1 fully saturated rings. The number of anilines is 2. The highest BCUT2D eigenvalue weighted by Gasteiger charge is 2.37. The van der Waals surface area contributed by atoms with Gasteiger partial charge in [-0.15, -0.1) is 0 Å². The van der Waals surface area contributed by atoms with Crippen LogP contribution in [0.1, 0.15) is 36.1 Å². The molecule has 3 amide bonds. The van der Waals surface area contributed by atoms with Crippen molar-refractivity contribution in [3.8, 4) is 0 Å². The van der Waals surface area contributed by atoms with E-state index in [9.17, 15) is 9.59 Å². The number of fused-ring (bicyclic) bond motifs is 1. The van der Waals surface area contributed by atoms with Crippen molar-refractivity contribution >= 4 is 40.2 Å². The van der Waals surface area contributed by atoms with Crippen LogP contribution in [0.15, 0.2) is 58.7 Å². The van der Waals surface area contributed by atoms with Crippen LogP contribution in [0.2, 0.25) is 0 Å². The molecular formula is C26H31N5O2S. The second-order valence-electron chi connectivity index (χ2n) is 8.89. The van der Waals surface area contributed by atoms with E-state index in [1.807, 2.05) is 63.2 Å². The summed E-state index contributed by atoms with van der Waals surface area (Å²) in [5.74, 6) is 1.00. The van der Waals surface area contributed by atoms with Crippen LogP contribution in [0.4, 0.5) is 16.2 Å². The summed E-state index contributed by atoms with van der Waals surface area (Å²) in [4.78, 5) is 34.2. The summed E-state index contributed by atoms with van der Waals surface area (Å²) in [5.41, 5.74) is 6.20. The van der Waals surface area contributed by atoms with Crippen LogP contribution in [0.5, 0.6) is 0 Å². The molecule has 1 saturated heterocycles. The number of amides is 3. The summed E-state index contributed by atoms with van der Waals surface area (Å²) >= 11 is 1.74. The van der Waals surface area contributed by atoms with E-state index < -0.39 is 0 Å². The molecule has 1 atom stereocenters. The van der Waals surface area contributed by atoms with Crippen LogP contribution in [0, 0.1) is 13.8 Å². The molecule has 2 N–H and O–H groups in total. The molecule has 2 aromatic rings. The molecule has 2 aromatic carbocycles. The lowest BCUT2D eigenvalue weighted by atomic mass is 9.93. The topological polar surface area (TPSA) is 77.0 Å². The molecule has 0 radical (unpaired) electrons. The van der Waals surface area contributed by atoms with Gasteiger partial charge in [0.25, 0.3) is 5.91 Å². The summed E-state index contributed by atoms with van der Waals surface area (Å²) < 4.78 is 0. The zero-order chi connectivity index (χ0) is 24.4. The lowest BCUT2D eigenvalue weighted by molar-refractivity contribution is -0.125. The number of likely N-dealkylation sites (N-methyl/N-ethyl adjacent to an activating group) is 1. The number of thioether (sulfide) groups is 1. The lowest BCUT2D eigenvalue weighted by Crippen LogP contribution is -2.43. The van der Waals surface area contributed by atoms with E-state index in [0.29, 0.717) is 11.3 Å². The standard InChI is InChI=1S/C26H31N5O2S/c1-16-7-10-21(15-17(16)2)29-25(33)28-20-11-8-19(9-12-20)23-22(24(32)30(4)5)18(3)27-26-31(23)13-6-14-34-26/h7-12,15,23H,6,13-14H2,1-5H3,(H2,28,29,33). The zero-order valence-corrected chi connectivity index (χ0v) is 21.1. The summed E-state index contributed by atoms with van der Waals surface area (Å²) in [6.45, 7) is 6.83. The fraction of sp³-hybridized carbons (Fsp3) is 0.346. The van der Waals surface area contributed by atoms with E-state index in [4.69, 9.17) is 4.99 Å². The Morgan fingerprint density at radius 3 is 2.35 bits per heavy atom. The number of rotatable bonds is 4. The van der Waals surface area contributed by atoms with Crippen LogP contribution in [-0.2, 0) is 4.79 Å². The fourth-order valence-corrected chi connectivity index (χ4v) is 5.21. The van der Waals surface area contributed by atoms with Crippen molar-refractivity contribution in [1.82, 2.24) is 9.80 Å². The third-order valence-electron chi connectivity index (χ3n) is 6.14. The third kappa shape index (κ3) is 4.97. The molecule has 1 unspecified atom stereocenters. The van der Waals surface area contributed by atoms with Gasteiger partial charge in [-0.3, -0.25) is 4.79 Å². The van der Waals surface area contributed by atoms with Gasteiger partial charge in [-0.1, -0.05) is 30.0 Å². The van der Waals surface area contributed by atoms with E-state index in [-0.39, 0.29) is 18.0 Å². The fourth-order valence-electron chi connectivity index (χ4n) is 4.19. The number of hydrogen-bond donors (Lipinski definition) is 2. The van der Waals surface area contributed by atoms with Crippen molar-refractivity contribution in [2.45, 2.75) is 33.2 Å². The number of nitrogens with one attached hydrogen (secondary N) is 2. The van der Waals surface area contributed by atoms with Gasteiger partial charge in [0.2, 0.25) is 0 Å². The highest BCUT2D eigenvalue weighted by Crippen LogP contribution is 2.40. The zero-order valence-electron chi connectivity index (χ0n) is 20.3. The van der Waals surface area contributed by atoms with E-state index in [0.717, 1.165) is 46.4 Å². The summed E-state index contributed by atoms with van der Waals surface area (Å²) in [6, 6.07) is 13.1. The van der Waals surface area contributed by atoms with Gasteiger partial charge in [0.1, 0.15) is 0 Å². The molecule has 8 heteroatoms. The van der Waals surface area contributed by atoms with Crippen molar-refractivity contribution < 1.29 is 9.59 Å². The quantitative estimate of drug-likeness (QED) is 0.638. The monoisotopic (exact) mass is 477 g/mol. The molecule has 178 valence electrons. The highest BCUT2D eigenvalue weighted by molar-refractivity contribution is 8.13. The van der Waals surface area contributed by atoms with Crippen molar-refractivity contribution in [2.24, 2.45) is 4.99 Å². The van der Waals surface area contributed by atoms with Crippen LogP contribution < -0.4 is 10.6 Å². The second-order valence-corrected chi connectivity index (χ2v) is 9.95. The minimum absolute atomic E-state index is 0.0316. The van der Waals surface area contributed by atoms with Crippen LogP contribution in [0.3, 0.4) is 0 Å². The summed E-state index contributed by atoms with van der Waals surface area (Å²) in [5, 5.41) is 6.74. The number of hydrogen-bond acceptors (Lipinski definition) is 5. The number of carbonyl (C=O) groups is 2. The van der Waals surface area contributed by atoms with Gasteiger partial charge < -0.3 is 20.4 Å². The van der Waals surface area contributed by atoms with E-state index in [1.54, 1.807) is 30.8 Å². The Morgan fingerprint density at radius 1 is 1.00 bits per heavy atom. The van der Waals surface area contributed by atoms with E-state index in [2.05, 4.69) is 15.5 Å². The largest absolute Gasteiger partial charge is 0.345 e. The number of aliphatic imine (C=N–C) groups is 1. The molecule has 0 spiro atoms. The Bertz CT molecular complexity index is 1170. The first-order chi connectivity index (χ1) is 16.2. The number of nitrogens with zero attached hydrogens (tertiary/aromatic N) is 3. The first-order valence-electron chi connectivity index (χ1n) is 11.4. The Kier molecular flexibility index (Phi) is 6.97. The van der Waals surface area contributed by atoms with Gasteiger partial charge in [0, 0.05) is 37.8 Å². The van der Waals surface area contributed by atoms with E-state index in [1.165, 1.54) is 5.56 Å². The number of amidine groups is 1. The maximum atomic E-state index is 13.1. The lowest BCUT2D eigenvalue weighted by Gasteiger charge is -2.41. The van der Waals surface area contributed by atoms with Gasteiger partial charge in [0.15, 0.2) is 5.17 Å². The minimum Gasteiger partial charge on any atom is -0.345 e. The number of aryl methyl sites for hydroxylation is 2. The molecule has 2 aliphatic rings. The normalized spacial score (nSPS) is 17.6. The number of benzene rings is 2. The molecule has 34 heavy (non-hydrogen) atoms. The molecule has 7 nitrogen and oxygen atoms in total. The van der Waals surface area contributed by atoms with Gasteiger partial charge >= 0.3 is 6.03 Å². The number of urea groups is 1.